The molecule has 6 nitrogen and oxygen atoms in total. The summed E-state index contributed by atoms with van der Waals surface area (Å²) in [4.78, 5) is 4.39. The van der Waals surface area contributed by atoms with Gasteiger partial charge in [-0.1, -0.05) is 6.58 Å². The molecule has 0 aliphatic rings. The zero-order valence-electron chi connectivity index (χ0n) is 15.2. The molecule has 136 valence electrons. The number of nitrogens with two attached hydrogens (primary N) is 2. The van der Waals surface area contributed by atoms with E-state index in [0.717, 1.165) is 27.8 Å². The van der Waals surface area contributed by atoms with Gasteiger partial charge in [-0.05, 0) is 43.7 Å². The summed E-state index contributed by atoms with van der Waals surface area (Å²) in [6, 6.07) is 7.63. The van der Waals surface area contributed by atoms with Gasteiger partial charge in [-0.3, -0.25) is 4.68 Å². The lowest BCUT2D eigenvalue weighted by molar-refractivity contribution is 0.357. The minimum absolute atomic E-state index is 0.265. The van der Waals surface area contributed by atoms with Crippen LogP contribution in [0.15, 0.2) is 30.8 Å². The van der Waals surface area contributed by atoms with Crippen LogP contribution in [0.5, 0.6) is 0 Å². The molecule has 3 rings (SSSR count). The summed E-state index contributed by atoms with van der Waals surface area (Å²) in [5, 5.41) is 8.57. The van der Waals surface area contributed by atoms with E-state index in [1.807, 2.05) is 38.2 Å². The number of aromatic nitrogens is 3. The van der Waals surface area contributed by atoms with Crippen LogP contribution in [0.3, 0.4) is 0 Å². The van der Waals surface area contributed by atoms with Gasteiger partial charge in [-0.15, -0.1) is 0 Å². The Morgan fingerprint density at radius 3 is 2.77 bits per heavy atom. The maximum absolute atomic E-state index is 13.5. The van der Waals surface area contributed by atoms with Crippen LogP contribution >= 0.6 is 0 Å². The first-order chi connectivity index (χ1) is 12.3. The monoisotopic (exact) mass is 354 g/mol. The predicted molar refractivity (Wildman–Crippen MR) is 105 cm³/mol. The summed E-state index contributed by atoms with van der Waals surface area (Å²) in [6.45, 7) is 7.19. The molecule has 5 N–H and O–H groups in total. The Morgan fingerprint density at radius 2 is 2.12 bits per heavy atom. The highest BCUT2D eigenvalue weighted by molar-refractivity contribution is 5.87. The lowest BCUT2D eigenvalue weighted by atomic mass is 10.1. The second-order valence-electron chi connectivity index (χ2n) is 6.52. The summed E-state index contributed by atoms with van der Waals surface area (Å²) < 4.78 is 15.2. The van der Waals surface area contributed by atoms with Crippen molar-refractivity contribution >= 4 is 33.9 Å². The summed E-state index contributed by atoms with van der Waals surface area (Å²) in [5.74, 6) is 0.955. The van der Waals surface area contributed by atoms with Gasteiger partial charge in [0.2, 0.25) is 0 Å². The van der Waals surface area contributed by atoms with Gasteiger partial charge in [0.15, 0.2) is 0 Å². The fourth-order valence-corrected chi connectivity index (χ4v) is 2.94. The summed E-state index contributed by atoms with van der Waals surface area (Å²) in [6.07, 6.45) is -0.697. The maximum atomic E-state index is 13.5. The van der Waals surface area contributed by atoms with Gasteiger partial charge in [0.25, 0.3) is 0 Å². The smallest absolute Gasteiger partial charge is 0.142 e. The largest absolute Gasteiger partial charge is 0.399 e. The molecule has 0 radical (unpaired) electrons. The molecule has 0 spiro atoms. The molecular formula is C19H23FN6. The molecule has 26 heavy (non-hydrogen) atoms. The lowest BCUT2D eigenvalue weighted by Crippen LogP contribution is -2.06. The topological polar surface area (TPSA) is 94.8 Å². The second-order valence-corrected chi connectivity index (χ2v) is 6.52. The van der Waals surface area contributed by atoms with E-state index < -0.39 is 6.17 Å². The SMILES string of the molecule is C=C(N)c1cc(C)c(N)nc1Nc1ccc2c(c1)c(CC(C)F)nn2C. The molecular weight excluding hydrogens is 331 g/mol. The standard InChI is InChI=1S/C19H23FN6/c1-10-7-14(12(3)21)19(24-18(10)22)23-13-5-6-17-15(9-13)16(8-11(2)20)25-26(17)4/h5-7,9,11H,3,8,21H2,1-2,4H3,(H3,22,23,24). The molecule has 7 heteroatoms. The number of nitrogen functional groups attached to an aromatic ring is 1. The molecule has 0 saturated carbocycles. The predicted octanol–water partition coefficient (Wildman–Crippen LogP) is 3.43. The highest BCUT2D eigenvalue weighted by Crippen LogP contribution is 2.29. The number of nitrogens with zero attached hydrogens (tertiary/aromatic N) is 3. The molecule has 0 saturated heterocycles. The number of halogens is 1. The zero-order valence-corrected chi connectivity index (χ0v) is 15.2. The van der Waals surface area contributed by atoms with E-state index in [4.69, 9.17) is 11.5 Å². The quantitative estimate of drug-likeness (QED) is 0.652. The average molecular weight is 354 g/mol. The Balaban J connectivity index is 2.04. The van der Waals surface area contributed by atoms with Gasteiger partial charge in [-0.25, -0.2) is 9.37 Å². The average Bonchev–Trinajstić information content (AvgIpc) is 2.85. The minimum Gasteiger partial charge on any atom is -0.399 e. The van der Waals surface area contributed by atoms with E-state index in [1.54, 1.807) is 4.68 Å². The van der Waals surface area contributed by atoms with Crippen molar-refractivity contribution in [2.24, 2.45) is 12.8 Å². The van der Waals surface area contributed by atoms with Crippen molar-refractivity contribution in [3.8, 4) is 0 Å². The highest BCUT2D eigenvalue weighted by atomic mass is 19.1. The molecule has 0 fully saturated rings. The minimum atomic E-state index is -0.963. The summed E-state index contributed by atoms with van der Waals surface area (Å²) in [5.41, 5.74) is 16.2. The number of nitrogens with one attached hydrogen (secondary N) is 1. The summed E-state index contributed by atoms with van der Waals surface area (Å²) >= 11 is 0. The Kier molecular flexibility index (Phi) is 4.54. The molecule has 0 aliphatic heterocycles. The Hall–Kier alpha value is -3.09. The van der Waals surface area contributed by atoms with Crippen LogP contribution < -0.4 is 16.8 Å². The van der Waals surface area contributed by atoms with Crippen molar-refractivity contribution in [3.05, 3.63) is 47.7 Å². The van der Waals surface area contributed by atoms with Crippen molar-refractivity contribution in [3.63, 3.8) is 0 Å². The number of aryl methyl sites for hydroxylation is 2. The van der Waals surface area contributed by atoms with Crippen LogP contribution in [-0.4, -0.2) is 20.9 Å². The van der Waals surface area contributed by atoms with Crippen LogP contribution in [-0.2, 0) is 13.5 Å². The molecule has 1 aromatic carbocycles. The van der Waals surface area contributed by atoms with Gasteiger partial charge in [0, 0.05) is 35.8 Å². The number of benzene rings is 1. The van der Waals surface area contributed by atoms with E-state index in [9.17, 15) is 4.39 Å². The number of hydrogen-bond donors (Lipinski definition) is 3. The second kappa shape index (κ2) is 6.67. The first-order valence-corrected chi connectivity index (χ1v) is 8.35. The highest BCUT2D eigenvalue weighted by Gasteiger charge is 2.14. The zero-order chi connectivity index (χ0) is 19.0. The molecule has 2 aromatic heterocycles. The van der Waals surface area contributed by atoms with E-state index in [2.05, 4.69) is 22.0 Å². The molecule has 0 aliphatic carbocycles. The van der Waals surface area contributed by atoms with Gasteiger partial charge >= 0.3 is 0 Å². The number of rotatable bonds is 5. The van der Waals surface area contributed by atoms with Crippen LogP contribution in [0, 0.1) is 6.92 Å². The normalized spacial score (nSPS) is 12.3. The lowest BCUT2D eigenvalue weighted by Gasteiger charge is -2.13. The molecule has 1 atom stereocenters. The van der Waals surface area contributed by atoms with E-state index in [1.165, 1.54) is 6.92 Å². The van der Waals surface area contributed by atoms with E-state index in [0.29, 0.717) is 22.9 Å². The molecule has 3 aromatic rings. The van der Waals surface area contributed by atoms with Crippen molar-refractivity contribution in [2.45, 2.75) is 26.4 Å². The van der Waals surface area contributed by atoms with Gasteiger partial charge in [-0.2, -0.15) is 5.10 Å². The third kappa shape index (κ3) is 3.33. The van der Waals surface area contributed by atoms with Crippen LogP contribution in [0.2, 0.25) is 0 Å². The Labute approximate surface area is 151 Å². The van der Waals surface area contributed by atoms with Crippen LogP contribution in [0.1, 0.15) is 23.7 Å². The van der Waals surface area contributed by atoms with Gasteiger partial charge in [0.05, 0.1) is 11.2 Å². The number of alkyl halides is 1. The fraction of sp³-hybridized carbons (Fsp3) is 0.263. The summed E-state index contributed by atoms with van der Waals surface area (Å²) in [7, 11) is 1.85. The Morgan fingerprint density at radius 1 is 1.38 bits per heavy atom. The van der Waals surface area contributed by atoms with Crippen LogP contribution in [0.25, 0.3) is 16.6 Å². The van der Waals surface area contributed by atoms with Crippen molar-refractivity contribution in [1.29, 1.82) is 0 Å². The number of pyridine rings is 1. The van der Waals surface area contributed by atoms with Crippen molar-refractivity contribution in [2.75, 3.05) is 11.1 Å². The third-order valence-electron chi connectivity index (χ3n) is 4.26. The third-order valence-corrected chi connectivity index (χ3v) is 4.26. The molecule has 2 heterocycles. The molecule has 0 bridgehead atoms. The maximum Gasteiger partial charge on any atom is 0.142 e. The number of fused-ring (bicyclic) bond motifs is 1. The number of anilines is 3. The van der Waals surface area contributed by atoms with Gasteiger partial charge < -0.3 is 16.8 Å². The Bertz CT molecular complexity index is 989. The number of hydrogen-bond acceptors (Lipinski definition) is 5. The first-order valence-electron chi connectivity index (χ1n) is 8.35. The van der Waals surface area contributed by atoms with Crippen LogP contribution in [0.4, 0.5) is 21.7 Å². The van der Waals surface area contributed by atoms with Crippen molar-refractivity contribution in [1.82, 2.24) is 14.8 Å². The molecule has 0 amide bonds. The fourth-order valence-electron chi connectivity index (χ4n) is 2.94. The van der Waals surface area contributed by atoms with E-state index in [-0.39, 0.29) is 6.42 Å². The van der Waals surface area contributed by atoms with E-state index >= 15 is 0 Å². The van der Waals surface area contributed by atoms with Gasteiger partial charge in [0.1, 0.15) is 17.8 Å². The molecule has 1 unspecified atom stereocenters. The van der Waals surface area contributed by atoms with Crippen molar-refractivity contribution < 1.29 is 4.39 Å². The first kappa shape index (κ1) is 17.7.